The van der Waals surface area contributed by atoms with E-state index in [4.69, 9.17) is 0 Å². The average Bonchev–Trinajstić information content (AvgIpc) is 2.44. The normalized spacial score (nSPS) is 10.8. The molecule has 0 aliphatic heterocycles. The first-order chi connectivity index (χ1) is 9.74. The van der Waals surface area contributed by atoms with E-state index in [0.717, 1.165) is 5.92 Å². The van der Waals surface area contributed by atoms with Crippen LogP contribution in [0.25, 0.3) is 0 Å². The van der Waals surface area contributed by atoms with Gasteiger partial charge in [0.25, 0.3) is 0 Å². The van der Waals surface area contributed by atoms with Crippen LogP contribution in [-0.2, 0) is 9.59 Å². The maximum atomic E-state index is 9.18. The van der Waals surface area contributed by atoms with Crippen LogP contribution in [0.3, 0.4) is 0 Å². The predicted octanol–water partition coefficient (Wildman–Crippen LogP) is 1.29. The monoisotopic (exact) mass is 445 g/mol. The Labute approximate surface area is 147 Å². The molecule has 0 bridgehead atoms. The van der Waals surface area contributed by atoms with E-state index in [9.17, 15) is 19.8 Å². The van der Waals surface area contributed by atoms with Gasteiger partial charge in [0.2, 0.25) is 0 Å². The molecule has 0 fully saturated rings. The molecule has 0 amide bonds. The minimum Gasteiger partial charge on any atom is -0.549 e. The zero-order valence-corrected chi connectivity index (χ0v) is 18.2. The summed E-state index contributed by atoms with van der Waals surface area (Å²) in [6, 6.07) is 0. The molecule has 1 unspecified atom stereocenters. The molecule has 0 aromatic carbocycles. The van der Waals surface area contributed by atoms with E-state index in [2.05, 4.69) is 49.0 Å². The van der Waals surface area contributed by atoms with Crippen molar-refractivity contribution >= 4 is 57.0 Å². The first-order valence-electron chi connectivity index (χ1n) is 7.15. The molecular weight excluding hydrogens is 415 g/mol. The molecule has 3 radical (unpaired) electrons. The predicted molar refractivity (Wildman–Crippen MR) is 93.3 cm³/mol. The van der Waals surface area contributed by atoms with Crippen molar-refractivity contribution in [2.75, 3.05) is 11.5 Å². The molecule has 0 aromatic rings. The summed E-state index contributed by atoms with van der Waals surface area (Å²) < 4.78 is 1.62. The van der Waals surface area contributed by atoms with Crippen molar-refractivity contribution in [1.82, 2.24) is 0 Å². The Morgan fingerprint density at radius 3 is 1.62 bits per heavy atom. The van der Waals surface area contributed by atoms with Crippen LogP contribution in [0.5, 0.6) is 0 Å². The van der Waals surface area contributed by atoms with Crippen LogP contribution in [0, 0.1) is 5.92 Å². The van der Waals surface area contributed by atoms with Crippen LogP contribution in [0.15, 0.2) is 0 Å². The van der Waals surface area contributed by atoms with Crippen molar-refractivity contribution in [1.29, 1.82) is 0 Å². The van der Waals surface area contributed by atoms with Gasteiger partial charge in [0.15, 0.2) is 0 Å². The van der Waals surface area contributed by atoms with Crippen LogP contribution in [-0.4, -0.2) is 43.2 Å². The topological polar surface area (TPSA) is 80.3 Å². The molecule has 0 saturated heterocycles. The van der Waals surface area contributed by atoms with E-state index in [0.29, 0.717) is 0 Å². The number of rotatable bonds is 8. The van der Waals surface area contributed by atoms with Gasteiger partial charge in [-0.1, -0.05) is 0 Å². The Morgan fingerprint density at radius 2 is 1.43 bits per heavy atom. The Morgan fingerprint density at radius 1 is 1.05 bits per heavy atom. The summed E-state index contributed by atoms with van der Waals surface area (Å²) in [6.07, 6.45) is 5.75. The van der Waals surface area contributed by atoms with Gasteiger partial charge in [-0.05, 0) is 0 Å². The number of thiol groups is 2. The number of carboxylic acid groups (broad SMARTS) is 2. The van der Waals surface area contributed by atoms with Crippen LogP contribution < -0.4 is 10.2 Å². The fourth-order valence-electron chi connectivity index (χ4n) is 1.52. The number of aliphatic carboxylic acids is 2. The van der Waals surface area contributed by atoms with E-state index < -0.39 is 31.7 Å². The minimum atomic E-state index is -1.13. The minimum absolute atomic E-state index is 0.194. The molecule has 21 heavy (non-hydrogen) atoms. The molecule has 0 aromatic heterocycles. The van der Waals surface area contributed by atoms with E-state index in [1.807, 2.05) is 0 Å². The maximum Gasteiger partial charge on any atom is 0.0510 e. The summed E-state index contributed by atoms with van der Waals surface area (Å²) in [6.45, 7) is 4.65. The number of unbranched alkanes of at least 4 members (excludes halogenated alkanes) is 1. The molecule has 0 aliphatic rings. The summed E-state index contributed by atoms with van der Waals surface area (Å²) in [5.41, 5.74) is 0. The van der Waals surface area contributed by atoms with Gasteiger partial charge in [0.05, 0.1) is 11.9 Å². The molecular formula is C14H29O4S2Sn. The van der Waals surface area contributed by atoms with Gasteiger partial charge in [0, 0.05) is 11.5 Å². The van der Waals surface area contributed by atoms with Crippen molar-refractivity contribution in [2.24, 2.45) is 5.92 Å². The SMILES string of the molecule is CCCCC(CC)[CH2][Sn+2]([CH3])[CH3].O=C([O-])CS.O=C([O-])CS. The summed E-state index contributed by atoms with van der Waals surface area (Å²) in [5, 5.41) is 18.4. The second kappa shape index (κ2) is 20.4. The van der Waals surface area contributed by atoms with Crippen molar-refractivity contribution in [2.45, 2.75) is 53.8 Å². The van der Waals surface area contributed by atoms with Crippen molar-refractivity contribution in [3.63, 3.8) is 0 Å². The number of hydrogen-bond donors (Lipinski definition) is 2. The second-order valence-corrected chi connectivity index (χ2v) is 13.6. The molecule has 7 heteroatoms. The maximum absolute atomic E-state index is 9.18. The van der Waals surface area contributed by atoms with Crippen LogP contribution >= 0.6 is 25.3 Å². The molecule has 4 nitrogen and oxygen atoms in total. The molecule has 0 spiro atoms. The Bertz CT molecular complexity index is 237. The van der Waals surface area contributed by atoms with Crippen molar-refractivity contribution in [3.8, 4) is 0 Å². The first-order valence-corrected chi connectivity index (χ1v) is 16.1. The number of carboxylic acids is 2. The van der Waals surface area contributed by atoms with Gasteiger partial charge in [-0.25, -0.2) is 0 Å². The molecule has 0 rings (SSSR count). The average molecular weight is 444 g/mol. The molecule has 0 saturated carbocycles. The van der Waals surface area contributed by atoms with E-state index in [1.165, 1.54) is 25.7 Å². The third-order valence-corrected chi connectivity index (χ3v) is 6.99. The Hall–Kier alpha value is 0.439. The zero-order chi connectivity index (χ0) is 17.3. The van der Waals surface area contributed by atoms with Crippen LogP contribution in [0.2, 0.25) is 14.3 Å². The number of hydrogen-bond acceptors (Lipinski definition) is 6. The standard InChI is InChI=1S/C8H17.2C2H4O2S.2CH3.Sn/c1-4-6-7-8(3)5-2;2*3-2(4)1-5;;;/h8H,3-7H2,1-2H3;2*5H,1H2,(H,3,4);2*1H3;/q;;;;;+2/p-2. The van der Waals surface area contributed by atoms with Crippen LogP contribution in [0.4, 0.5) is 0 Å². The fraction of sp³-hybridized carbons (Fsp3) is 0.857. The quantitative estimate of drug-likeness (QED) is 0.437. The van der Waals surface area contributed by atoms with Crippen LogP contribution in [0.1, 0.15) is 39.5 Å². The van der Waals surface area contributed by atoms with Gasteiger partial charge in [0.1, 0.15) is 0 Å². The van der Waals surface area contributed by atoms with Gasteiger partial charge in [-0.15, -0.1) is 0 Å². The molecule has 0 heterocycles. The summed E-state index contributed by atoms with van der Waals surface area (Å²) in [7, 11) is 0. The number of carbonyl (C=O) groups excluding carboxylic acids is 2. The molecule has 0 aliphatic carbocycles. The number of carbonyl (C=O) groups is 2. The van der Waals surface area contributed by atoms with Gasteiger partial charge >= 0.3 is 79.5 Å². The van der Waals surface area contributed by atoms with Gasteiger partial charge in [-0.3, -0.25) is 0 Å². The van der Waals surface area contributed by atoms with Gasteiger partial charge < -0.3 is 19.8 Å². The summed E-state index contributed by atoms with van der Waals surface area (Å²) >= 11 is 5.93. The third-order valence-electron chi connectivity index (χ3n) is 2.50. The van der Waals surface area contributed by atoms with Gasteiger partial charge in [-0.2, -0.15) is 25.3 Å². The summed E-state index contributed by atoms with van der Waals surface area (Å²) in [5.74, 6) is -1.57. The molecule has 0 N–H and O–H groups in total. The Kier molecular flexibility index (Phi) is 25.6. The smallest absolute Gasteiger partial charge is 0.0510 e. The summed E-state index contributed by atoms with van der Waals surface area (Å²) in [4.78, 5) is 23.4. The Balaban J connectivity index is -0.000000270. The first kappa shape index (κ1) is 26.3. The van der Waals surface area contributed by atoms with E-state index >= 15 is 0 Å². The fourth-order valence-corrected chi connectivity index (χ4v) is 6.22. The van der Waals surface area contributed by atoms with Crippen molar-refractivity contribution < 1.29 is 19.8 Å². The van der Waals surface area contributed by atoms with Crippen molar-refractivity contribution in [3.05, 3.63) is 0 Å². The van der Waals surface area contributed by atoms with E-state index in [1.54, 1.807) is 4.44 Å². The van der Waals surface area contributed by atoms with E-state index in [-0.39, 0.29) is 11.5 Å². The molecule has 1 atom stereocenters. The zero-order valence-electron chi connectivity index (χ0n) is 13.6. The molecule has 125 valence electrons. The second-order valence-electron chi connectivity index (χ2n) is 4.89. The largest absolute Gasteiger partial charge is 0.549 e. The third kappa shape index (κ3) is 33.3.